The van der Waals surface area contributed by atoms with Crippen molar-refractivity contribution >= 4 is 29.3 Å². The van der Waals surface area contributed by atoms with Crippen molar-refractivity contribution in [2.45, 2.75) is 19.2 Å². The molecule has 25 heavy (non-hydrogen) atoms. The summed E-state index contributed by atoms with van der Waals surface area (Å²) in [5, 5.41) is -0.286. The summed E-state index contributed by atoms with van der Waals surface area (Å²) in [6.07, 6.45) is 0. The summed E-state index contributed by atoms with van der Waals surface area (Å²) in [5.41, 5.74) is 3.66. The Bertz CT molecular complexity index is 853. The summed E-state index contributed by atoms with van der Waals surface area (Å²) in [6.45, 7) is 3.75. The molecule has 1 saturated heterocycles. The quantitative estimate of drug-likeness (QED) is 0.777. The number of esters is 1. The number of rotatable bonds is 3. The van der Waals surface area contributed by atoms with Gasteiger partial charge in [-0.1, -0.05) is 6.07 Å². The zero-order valence-electron chi connectivity index (χ0n) is 14.2. The molecule has 0 aromatic heterocycles. The van der Waals surface area contributed by atoms with Crippen molar-refractivity contribution in [2.24, 2.45) is 0 Å². The SMILES string of the molecule is COC(=O)c1ccc(N2C(=O)CSC2c2cc(F)ccc2C)c(C)c1. The van der Waals surface area contributed by atoms with Gasteiger partial charge in [0.05, 0.1) is 18.4 Å². The highest BCUT2D eigenvalue weighted by atomic mass is 32.2. The molecular weight excluding hydrogens is 341 g/mol. The third-order valence-electron chi connectivity index (χ3n) is 4.25. The molecular formula is C19H18FNO3S. The number of halogens is 1. The van der Waals surface area contributed by atoms with Crippen molar-refractivity contribution in [3.05, 3.63) is 64.5 Å². The molecule has 2 aromatic carbocycles. The average molecular weight is 359 g/mol. The topological polar surface area (TPSA) is 46.6 Å². The minimum atomic E-state index is -0.422. The van der Waals surface area contributed by atoms with Crippen molar-refractivity contribution < 1.29 is 18.7 Å². The predicted octanol–water partition coefficient (Wildman–Crippen LogP) is 4.01. The Morgan fingerprint density at radius 1 is 1.20 bits per heavy atom. The fourth-order valence-corrected chi connectivity index (χ4v) is 4.22. The molecule has 1 atom stereocenters. The van der Waals surface area contributed by atoms with Crippen LogP contribution in [-0.4, -0.2) is 24.7 Å². The number of anilines is 1. The second-order valence-corrected chi connectivity index (χ2v) is 6.99. The minimum absolute atomic E-state index is 0.0346. The number of amides is 1. The second-order valence-electron chi connectivity index (χ2n) is 5.92. The number of hydrogen-bond donors (Lipinski definition) is 0. The Labute approximate surface area is 150 Å². The average Bonchev–Trinajstić information content (AvgIpc) is 2.97. The molecule has 0 radical (unpaired) electrons. The molecule has 0 spiro atoms. The Balaban J connectivity index is 2.03. The van der Waals surface area contributed by atoms with Gasteiger partial charge in [-0.05, 0) is 60.9 Å². The van der Waals surface area contributed by atoms with Gasteiger partial charge >= 0.3 is 5.97 Å². The number of ether oxygens (including phenoxy) is 1. The maximum absolute atomic E-state index is 13.7. The van der Waals surface area contributed by atoms with Crippen LogP contribution in [0.5, 0.6) is 0 Å². The lowest BCUT2D eigenvalue weighted by atomic mass is 10.1. The summed E-state index contributed by atoms with van der Waals surface area (Å²) in [7, 11) is 1.33. The molecule has 2 aromatic rings. The van der Waals surface area contributed by atoms with E-state index < -0.39 is 5.97 Å². The van der Waals surface area contributed by atoms with E-state index in [0.717, 1.165) is 22.4 Å². The Morgan fingerprint density at radius 2 is 1.96 bits per heavy atom. The van der Waals surface area contributed by atoms with Crippen molar-refractivity contribution in [3.8, 4) is 0 Å². The molecule has 0 saturated carbocycles. The van der Waals surface area contributed by atoms with Crippen LogP contribution in [0.3, 0.4) is 0 Å². The van der Waals surface area contributed by atoms with E-state index in [-0.39, 0.29) is 17.1 Å². The molecule has 3 rings (SSSR count). The molecule has 6 heteroatoms. The lowest BCUT2D eigenvalue weighted by Crippen LogP contribution is -2.29. The first-order valence-electron chi connectivity index (χ1n) is 7.81. The number of thioether (sulfide) groups is 1. The molecule has 1 unspecified atom stereocenters. The zero-order valence-corrected chi connectivity index (χ0v) is 15.0. The van der Waals surface area contributed by atoms with E-state index >= 15 is 0 Å². The number of nitrogens with zero attached hydrogens (tertiary/aromatic N) is 1. The van der Waals surface area contributed by atoms with Crippen molar-refractivity contribution in [3.63, 3.8) is 0 Å². The van der Waals surface area contributed by atoms with Gasteiger partial charge in [0.2, 0.25) is 5.91 Å². The van der Waals surface area contributed by atoms with E-state index in [0.29, 0.717) is 11.3 Å². The van der Waals surface area contributed by atoms with E-state index in [1.165, 1.54) is 31.0 Å². The lowest BCUT2D eigenvalue weighted by molar-refractivity contribution is -0.115. The van der Waals surface area contributed by atoms with Gasteiger partial charge in [0.25, 0.3) is 0 Å². The molecule has 130 valence electrons. The molecule has 1 aliphatic rings. The summed E-state index contributed by atoms with van der Waals surface area (Å²) in [4.78, 5) is 25.9. The highest BCUT2D eigenvalue weighted by Crippen LogP contribution is 2.44. The number of benzene rings is 2. The minimum Gasteiger partial charge on any atom is -0.465 e. The van der Waals surface area contributed by atoms with Gasteiger partial charge < -0.3 is 4.74 Å². The van der Waals surface area contributed by atoms with Crippen LogP contribution in [0.25, 0.3) is 0 Å². The van der Waals surface area contributed by atoms with Crippen molar-refractivity contribution in [1.29, 1.82) is 0 Å². The number of methoxy groups -OCH3 is 1. The van der Waals surface area contributed by atoms with Gasteiger partial charge in [-0.3, -0.25) is 9.69 Å². The fourth-order valence-electron chi connectivity index (χ4n) is 2.96. The number of carbonyl (C=O) groups is 2. The van der Waals surface area contributed by atoms with Crippen LogP contribution in [0.1, 0.15) is 32.4 Å². The third kappa shape index (κ3) is 3.26. The van der Waals surface area contributed by atoms with Gasteiger partial charge in [-0.2, -0.15) is 0 Å². The van der Waals surface area contributed by atoms with Gasteiger partial charge in [0.15, 0.2) is 0 Å². The van der Waals surface area contributed by atoms with Crippen LogP contribution in [-0.2, 0) is 9.53 Å². The maximum Gasteiger partial charge on any atom is 0.337 e. The molecule has 0 aliphatic carbocycles. The van der Waals surface area contributed by atoms with E-state index in [4.69, 9.17) is 4.74 Å². The van der Waals surface area contributed by atoms with E-state index in [9.17, 15) is 14.0 Å². The smallest absolute Gasteiger partial charge is 0.337 e. The summed E-state index contributed by atoms with van der Waals surface area (Å²) < 4.78 is 18.5. The molecule has 0 bridgehead atoms. The Kier molecular flexibility index (Phi) is 4.81. The van der Waals surface area contributed by atoms with Crippen LogP contribution in [0.2, 0.25) is 0 Å². The number of hydrogen-bond acceptors (Lipinski definition) is 4. The fraction of sp³-hybridized carbons (Fsp3) is 0.263. The van der Waals surface area contributed by atoms with Gasteiger partial charge in [0.1, 0.15) is 11.2 Å². The number of carbonyl (C=O) groups excluding carboxylic acids is 2. The zero-order chi connectivity index (χ0) is 18.1. The molecule has 1 heterocycles. The highest BCUT2D eigenvalue weighted by molar-refractivity contribution is 8.00. The van der Waals surface area contributed by atoms with Gasteiger partial charge in [-0.25, -0.2) is 9.18 Å². The third-order valence-corrected chi connectivity index (χ3v) is 5.45. The lowest BCUT2D eigenvalue weighted by Gasteiger charge is -2.27. The normalized spacial score (nSPS) is 17.0. The van der Waals surface area contributed by atoms with Gasteiger partial charge in [-0.15, -0.1) is 11.8 Å². The molecule has 1 amide bonds. The van der Waals surface area contributed by atoms with E-state index in [1.807, 2.05) is 13.8 Å². The van der Waals surface area contributed by atoms with Crippen molar-refractivity contribution in [2.75, 3.05) is 17.8 Å². The highest BCUT2D eigenvalue weighted by Gasteiger charge is 2.35. The van der Waals surface area contributed by atoms with Crippen LogP contribution in [0, 0.1) is 19.7 Å². The molecule has 1 fully saturated rings. The van der Waals surface area contributed by atoms with Gasteiger partial charge in [0, 0.05) is 5.69 Å². The molecule has 0 N–H and O–H groups in total. The summed E-state index contributed by atoms with van der Waals surface area (Å²) in [6, 6.07) is 9.71. The van der Waals surface area contributed by atoms with Crippen LogP contribution in [0.4, 0.5) is 10.1 Å². The van der Waals surface area contributed by atoms with E-state index in [1.54, 1.807) is 29.2 Å². The second kappa shape index (κ2) is 6.88. The van der Waals surface area contributed by atoms with E-state index in [2.05, 4.69) is 0 Å². The first-order valence-corrected chi connectivity index (χ1v) is 8.86. The number of aryl methyl sites for hydroxylation is 2. The summed E-state index contributed by atoms with van der Waals surface area (Å²) in [5.74, 6) is -0.445. The first kappa shape index (κ1) is 17.5. The Morgan fingerprint density at radius 3 is 2.64 bits per heavy atom. The largest absolute Gasteiger partial charge is 0.465 e. The molecule has 4 nitrogen and oxygen atoms in total. The van der Waals surface area contributed by atoms with Crippen LogP contribution < -0.4 is 4.90 Å². The molecule has 1 aliphatic heterocycles. The first-order chi connectivity index (χ1) is 11.9. The standard InChI is InChI=1S/C19H18FNO3S/c1-11-4-6-14(20)9-15(11)18-21(17(22)10-25-18)16-7-5-13(8-12(16)2)19(23)24-3/h4-9,18H,10H2,1-3H3. The Hall–Kier alpha value is -2.34. The summed E-state index contributed by atoms with van der Waals surface area (Å²) >= 11 is 1.47. The maximum atomic E-state index is 13.7. The van der Waals surface area contributed by atoms with Crippen molar-refractivity contribution in [1.82, 2.24) is 0 Å². The predicted molar refractivity (Wildman–Crippen MR) is 96.3 cm³/mol. The van der Waals surface area contributed by atoms with Crippen LogP contribution in [0.15, 0.2) is 36.4 Å². The van der Waals surface area contributed by atoms with Crippen LogP contribution >= 0.6 is 11.8 Å². The monoisotopic (exact) mass is 359 g/mol.